The first-order valence-electron chi connectivity index (χ1n) is 6.59. The quantitative estimate of drug-likeness (QED) is 0.611. The minimum atomic E-state index is -3.94. The summed E-state index contributed by atoms with van der Waals surface area (Å²) >= 11 is 8.95. The summed E-state index contributed by atoms with van der Waals surface area (Å²) in [5, 5.41) is 0.0749. The van der Waals surface area contributed by atoms with E-state index in [4.69, 9.17) is 17.3 Å². The minimum Gasteiger partial charge on any atom is -0.395 e. The molecule has 4 nitrogen and oxygen atoms in total. The van der Waals surface area contributed by atoms with E-state index in [1.165, 1.54) is 4.31 Å². The SMILES string of the molecule is CC1CCN(S(=O)(=O)c2cc(Cl)c(Br)c(N)c2F)CC1C. The molecule has 2 atom stereocenters. The maximum atomic E-state index is 14.2. The van der Waals surface area contributed by atoms with E-state index in [2.05, 4.69) is 22.9 Å². The number of nitrogens with two attached hydrogens (primary N) is 1. The van der Waals surface area contributed by atoms with Crippen LogP contribution in [0.4, 0.5) is 10.1 Å². The van der Waals surface area contributed by atoms with Gasteiger partial charge in [-0.3, -0.25) is 0 Å². The van der Waals surface area contributed by atoms with Crippen LogP contribution in [0.15, 0.2) is 15.4 Å². The van der Waals surface area contributed by atoms with Crippen molar-refractivity contribution in [2.24, 2.45) is 11.8 Å². The lowest BCUT2D eigenvalue weighted by Gasteiger charge is -2.34. The number of benzene rings is 1. The summed E-state index contributed by atoms with van der Waals surface area (Å²) in [7, 11) is -3.94. The van der Waals surface area contributed by atoms with Crippen molar-refractivity contribution in [3.63, 3.8) is 0 Å². The van der Waals surface area contributed by atoms with Crippen molar-refractivity contribution in [2.45, 2.75) is 25.2 Å². The standard InChI is InChI=1S/C13H17BrClFN2O2S/c1-7-3-4-18(6-8(7)2)21(19,20)10-5-9(15)11(14)13(17)12(10)16/h5,7-8H,3-4,6,17H2,1-2H3. The molecule has 1 aliphatic heterocycles. The monoisotopic (exact) mass is 398 g/mol. The van der Waals surface area contributed by atoms with Gasteiger partial charge in [0, 0.05) is 13.1 Å². The third-order valence-corrected chi connectivity index (χ3v) is 7.32. The smallest absolute Gasteiger partial charge is 0.246 e. The molecule has 1 saturated heterocycles. The Balaban J connectivity index is 2.46. The van der Waals surface area contributed by atoms with E-state index < -0.39 is 20.7 Å². The molecule has 21 heavy (non-hydrogen) atoms. The maximum absolute atomic E-state index is 14.2. The molecule has 2 rings (SSSR count). The molecule has 8 heteroatoms. The summed E-state index contributed by atoms with van der Waals surface area (Å²) in [6.45, 7) is 4.83. The molecule has 1 aromatic rings. The second-order valence-corrected chi connectivity index (χ2v) is 8.61. The first-order valence-corrected chi connectivity index (χ1v) is 9.20. The summed E-state index contributed by atoms with van der Waals surface area (Å²) in [6.07, 6.45) is 0.752. The second-order valence-electron chi connectivity index (χ2n) is 5.50. The van der Waals surface area contributed by atoms with Gasteiger partial charge in [0.25, 0.3) is 0 Å². The molecule has 1 aliphatic rings. The molecule has 0 aromatic heterocycles. The normalized spacial score (nSPS) is 24.2. The van der Waals surface area contributed by atoms with Gasteiger partial charge >= 0.3 is 0 Å². The van der Waals surface area contributed by atoms with Crippen molar-refractivity contribution in [3.05, 3.63) is 21.4 Å². The Morgan fingerprint density at radius 3 is 2.62 bits per heavy atom. The second kappa shape index (κ2) is 6.02. The number of piperidine rings is 1. The number of rotatable bonds is 2. The van der Waals surface area contributed by atoms with Crippen LogP contribution in [-0.2, 0) is 10.0 Å². The number of hydrogen-bond acceptors (Lipinski definition) is 3. The Hall–Kier alpha value is -0.370. The zero-order chi connectivity index (χ0) is 15.9. The van der Waals surface area contributed by atoms with Gasteiger partial charge in [-0.05, 0) is 40.3 Å². The highest BCUT2D eigenvalue weighted by Crippen LogP contribution is 2.36. The first-order chi connectivity index (χ1) is 9.66. The van der Waals surface area contributed by atoms with Crippen LogP contribution in [0.1, 0.15) is 20.3 Å². The lowest BCUT2D eigenvalue weighted by atomic mass is 9.90. The fraction of sp³-hybridized carbons (Fsp3) is 0.538. The molecule has 1 heterocycles. The van der Waals surface area contributed by atoms with E-state index in [-0.39, 0.29) is 21.1 Å². The number of nitrogens with zero attached hydrogens (tertiary/aromatic N) is 1. The largest absolute Gasteiger partial charge is 0.395 e. The fourth-order valence-corrected chi connectivity index (χ4v) is 4.59. The lowest BCUT2D eigenvalue weighted by molar-refractivity contribution is 0.212. The predicted octanol–water partition coefficient (Wildman–Crippen LogP) is 3.49. The Bertz CT molecular complexity index is 669. The van der Waals surface area contributed by atoms with Crippen LogP contribution in [0.5, 0.6) is 0 Å². The number of sulfonamides is 1. The highest BCUT2D eigenvalue weighted by Gasteiger charge is 2.34. The molecule has 0 spiro atoms. The number of nitrogen functional groups attached to an aromatic ring is 1. The van der Waals surface area contributed by atoms with E-state index in [9.17, 15) is 12.8 Å². The lowest BCUT2D eigenvalue weighted by Crippen LogP contribution is -2.42. The van der Waals surface area contributed by atoms with Gasteiger partial charge in [0.1, 0.15) is 4.90 Å². The van der Waals surface area contributed by atoms with Crippen molar-refractivity contribution >= 4 is 43.2 Å². The molecule has 2 N–H and O–H groups in total. The molecule has 0 amide bonds. The first kappa shape index (κ1) is 17.0. The summed E-state index contributed by atoms with van der Waals surface area (Å²) in [5.41, 5.74) is 5.28. The van der Waals surface area contributed by atoms with E-state index in [1.54, 1.807) is 0 Å². The predicted molar refractivity (Wildman–Crippen MR) is 85.2 cm³/mol. The summed E-state index contributed by atoms with van der Waals surface area (Å²) in [6, 6.07) is 1.11. The van der Waals surface area contributed by atoms with Gasteiger partial charge in [-0.15, -0.1) is 0 Å². The van der Waals surface area contributed by atoms with Crippen LogP contribution in [-0.4, -0.2) is 25.8 Å². The van der Waals surface area contributed by atoms with E-state index in [0.717, 1.165) is 12.5 Å². The Kier molecular flexibility index (Phi) is 4.87. The Morgan fingerprint density at radius 1 is 1.43 bits per heavy atom. The Labute approximate surface area is 137 Å². The van der Waals surface area contributed by atoms with E-state index in [1.807, 2.05) is 6.92 Å². The molecular formula is C13H17BrClFN2O2S. The molecule has 1 fully saturated rings. The third-order valence-electron chi connectivity index (χ3n) is 4.07. The van der Waals surface area contributed by atoms with Crippen molar-refractivity contribution in [3.8, 4) is 0 Å². The molecule has 118 valence electrons. The van der Waals surface area contributed by atoms with E-state index >= 15 is 0 Å². The topological polar surface area (TPSA) is 63.4 Å². The van der Waals surface area contributed by atoms with Gasteiger partial charge in [-0.1, -0.05) is 25.4 Å². The van der Waals surface area contributed by atoms with Crippen molar-refractivity contribution < 1.29 is 12.8 Å². The van der Waals surface area contributed by atoms with Crippen molar-refractivity contribution in [1.29, 1.82) is 0 Å². The zero-order valence-electron chi connectivity index (χ0n) is 11.7. The zero-order valence-corrected chi connectivity index (χ0v) is 14.9. The third kappa shape index (κ3) is 3.06. The van der Waals surface area contributed by atoms with Crippen LogP contribution < -0.4 is 5.73 Å². The fourth-order valence-electron chi connectivity index (χ4n) is 2.37. The highest BCUT2D eigenvalue weighted by atomic mass is 79.9. The average Bonchev–Trinajstić information content (AvgIpc) is 2.43. The van der Waals surface area contributed by atoms with Crippen LogP contribution in [0.2, 0.25) is 5.02 Å². The van der Waals surface area contributed by atoms with Crippen molar-refractivity contribution in [1.82, 2.24) is 4.31 Å². The summed E-state index contributed by atoms with van der Waals surface area (Å²) in [5.74, 6) is -0.294. The van der Waals surface area contributed by atoms with E-state index in [0.29, 0.717) is 19.0 Å². The summed E-state index contributed by atoms with van der Waals surface area (Å²) in [4.78, 5) is -0.463. The molecule has 0 radical (unpaired) electrons. The average molecular weight is 400 g/mol. The van der Waals surface area contributed by atoms with Crippen LogP contribution in [0.3, 0.4) is 0 Å². The van der Waals surface area contributed by atoms with Gasteiger partial charge in [-0.25, -0.2) is 12.8 Å². The molecule has 2 unspecified atom stereocenters. The minimum absolute atomic E-state index is 0.0749. The molecule has 0 aliphatic carbocycles. The van der Waals surface area contributed by atoms with Gasteiger partial charge in [0.15, 0.2) is 5.82 Å². The van der Waals surface area contributed by atoms with Crippen molar-refractivity contribution in [2.75, 3.05) is 18.8 Å². The highest BCUT2D eigenvalue weighted by molar-refractivity contribution is 9.10. The molecule has 0 saturated carbocycles. The van der Waals surface area contributed by atoms with Crippen LogP contribution in [0.25, 0.3) is 0 Å². The Morgan fingerprint density at radius 2 is 2.05 bits per heavy atom. The molecular weight excluding hydrogens is 383 g/mol. The van der Waals surface area contributed by atoms with Gasteiger partial charge in [0.2, 0.25) is 10.0 Å². The molecule has 0 bridgehead atoms. The van der Waals surface area contributed by atoms with Gasteiger partial charge < -0.3 is 5.73 Å². The van der Waals surface area contributed by atoms with Crippen LogP contribution in [0, 0.1) is 17.7 Å². The number of halogens is 3. The molecule has 1 aromatic carbocycles. The maximum Gasteiger partial charge on any atom is 0.246 e. The van der Waals surface area contributed by atoms with Gasteiger partial charge in [-0.2, -0.15) is 4.31 Å². The van der Waals surface area contributed by atoms with Crippen LogP contribution >= 0.6 is 27.5 Å². The number of anilines is 1. The van der Waals surface area contributed by atoms with Gasteiger partial charge in [0.05, 0.1) is 15.2 Å². The number of hydrogen-bond donors (Lipinski definition) is 1. The summed E-state index contributed by atoms with van der Waals surface area (Å²) < 4.78 is 41.0.